The molecule has 2 rings (SSSR count). The highest BCUT2D eigenvalue weighted by Crippen LogP contribution is 2.26. The highest BCUT2D eigenvalue weighted by Gasteiger charge is 2.22. The largest absolute Gasteiger partial charge is 0.345 e. The van der Waals surface area contributed by atoms with E-state index in [0.717, 1.165) is 18.4 Å². The van der Waals surface area contributed by atoms with Crippen LogP contribution in [0.1, 0.15) is 57.1 Å². The summed E-state index contributed by atoms with van der Waals surface area (Å²) in [6.07, 6.45) is 6.33. The normalized spacial score (nSPS) is 17.7. The number of nitriles is 1. The van der Waals surface area contributed by atoms with Gasteiger partial charge >= 0.3 is 0 Å². The van der Waals surface area contributed by atoms with E-state index < -0.39 is 12.1 Å². The first-order valence-corrected chi connectivity index (χ1v) is 9.06. The van der Waals surface area contributed by atoms with E-state index in [4.69, 9.17) is 0 Å². The summed E-state index contributed by atoms with van der Waals surface area (Å²) in [6.45, 7) is 1.65. The van der Waals surface area contributed by atoms with Crippen LogP contribution in [0, 0.1) is 17.2 Å². The molecule has 2 atom stereocenters. The van der Waals surface area contributed by atoms with Gasteiger partial charge in [0.2, 0.25) is 11.8 Å². The zero-order chi connectivity index (χ0) is 16.7. The summed E-state index contributed by atoms with van der Waals surface area (Å²) in [7, 11) is 0. The molecule has 2 N–H and O–H groups in total. The van der Waals surface area contributed by atoms with Gasteiger partial charge in [-0.05, 0) is 48.1 Å². The van der Waals surface area contributed by atoms with Crippen molar-refractivity contribution in [3.63, 3.8) is 0 Å². The van der Waals surface area contributed by atoms with Crippen LogP contribution in [0.2, 0.25) is 0 Å². The summed E-state index contributed by atoms with van der Waals surface area (Å²) in [5, 5.41) is 18.3. The van der Waals surface area contributed by atoms with Gasteiger partial charge in [0.15, 0.2) is 0 Å². The van der Waals surface area contributed by atoms with Gasteiger partial charge in [0, 0.05) is 6.42 Å². The zero-order valence-electron chi connectivity index (χ0n) is 13.4. The minimum Gasteiger partial charge on any atom is -0.345 e. The Morgan fingerprint density at radius 1 is 1.35 bits per heavy atom. The molecule has 6 heteroatoms. The third kappa shape index (κ3) is 5.36. The van der Waals surface area contributed by atoms with Crippen LogP contribution < -0.4 is 10.6 Å². The molecule has 1 aromatic heterocycles. The van der Waals surface area contributed by atoms with Crippen molar-refractivity contribution in [2.45, 2.75) is 57.5 Å². The van der Waals surface area contributed by atoms with Gasteiger partial charge in [0.1, 0.15) is 12.1 Å². The molecule has 0 aliphatic heterocycles. The van der Waals surface area contributed by atoms with E-state index in [1.54, 1.807) is 6.92 Å². The maximum absolute atomic E-state index is 12.2. The van der Waals surface area contributed by atoms with Gasteiger partial charge in [0.25, 0.3) is 0 Å². The van der Waals surface area contributed by atoms with Gasteiger partial charge in [0.05, 0.1) is 6.07 Å². The minimum absolute atomic E-state index is 0.0800. The van der Waals surface area contributed by atoms with Crippen LogP contribution in [-0.4, -0.2) is 17.9 Å². The number of nitrogens with zero attached hydrogens (tertiary/aromatic N) is 1. The molecule has 5 nitrogen and oxygen atoms in total. The lowest BCUT2D eigenvalue weighted by Gasteiger charge is -2.22. The van der Waals surface area contributed by atoms with Crippen molar-refractivity contribution in [1.29, 1.82) is 5.26 Å². The molecule has 1 aliphatic rings. The van der Waals surface area contributed by atoms with Crippen LogP contribution in [0.25, 0.3) is 0 Å². The van der Waals surface area contributed by atoms with E-state index in [1.165, 1.54) is 30.6 Å². The Bertz CT molecular complexity index is 559. The number of nitrogens with one attached hydrogen (secondary N) is 2. The Kier molecular flexibility index (Phi) is 6.60. The second-order valence-corrected chi connectivity index (χ2v) is 6.90. The Hall–Kier alpha value is -1.87. The fourth-order valence-electron chi connectivity index (χ4n) is 2.92. The number of thiophene rings is 1. The van der Waals surface area contributed by atoms with Crippen molar-refractivity contribution in [2.24, 2.45) is 5.92 Å². The molecule has 0 unspecified atom stereocenters. The molecular weight excluding hydrogens is 310 g/mol. The maximum atomic E-state index is 12.2. The molecule has 1 saturated carbocycles. The third-order valence-electron chi connectivity index (χ3n) is 4.26. The first-order chi connectivity index (χ1) is 11.1. The lowest BCUT2D eigenvalue weighted by molar-refractivity contribution is -0.129. The van der Waals surface area contributed by atoms with Crippen LogP contribution in [-0.2, 0) is 9.59 Å². The molecule has 1 heterocycles. The molecule has 1 fully saturated rings. The Balaban J connectivity index is 1.79. The topological polar surface area (TPSA) is 82.0 Å². The third-order valence-corrected chi connectivity index (χ3v) is 4.96. The average molecular weight is 333 g/mol. The van der Waals surface area contributed by atoms with E-state index in [1.807, 2.05) is 16.8 Å². The van der Waals surface area contributed by atoms with Crippen molar-refractivity contribution in [1.82, 2.24) is 10.6 Å². The standard InChI is InChI=1S/C17H23N3O2S/c1-12(19-16(21)9-13-5-3-2-4-6-13)17(22)20-15(10-18)14-7-8-23-11-14/h7-8,11-13,15H,2-6,9H2,1H3,(H,19,21)(H,20,22)/t12-,15-/m1/s1. The predicted molar refractivity (Wildman–Crippen MR) is 89.6 cm³/mol. The zero-order valence-corrected chi connectivity index (χ0v) is 14.2. The van der Waals surface area contributed by atoms with Gasteiger partial charge < -0.3 is 10.6 Å². The summed E-state index contributed by atoms with van der Waals surface area (Å²) >= 11 is 1.48. The smallest absolute Gasteiger partial charge is 0.243 e. The van der Waals surface area contributed by atoms with Gasteiger partial charge in [-0.2, -0.15) is 16.6 Å². The van der Waals surface area contributed by atoms with Crippen molar-refractivity contribution in [3.8, 4) is 6.07 Å². The molecule has 0 aromatic carbocycles. The van der Waals surface area contributed by atoms with Crippen LogP contribution in [0.3, 0.4) is 0 Å². The number of hydrogen-bond acceptors (Lipinski definition) is 4. The van der Waals surface area contributed by atoms with Gasteiger partial charge in [-0.3, -0.25) is 9.59 Å². The highest BCUT2D eigenvalue weighted by atomic mass is 32.1. The molecular formula is C17H23N3O2S. The number of rotatable bonds is 6. The van der Waals surface area contributed by atoms with Gasteiger partial charge in [-0.15, -0.1) is 0 Å². The fraction of sp³-hybridized carbons (Fsp3) is 0.588. The molecule has 2 amide bonds. The lowest BCUT2D eigenvalue weighted by Crippen LogP contribution is -2.46. The van der Waals surface area contributed by atoms with Gasteiger partial charge in [-0.1, -0.05) is 19.3 Å². The average Bonchev–Trinajstić information content (AvgIpc) is 3.07. The predicted octanol–water partition coefficient (Wildman–Crippen LogP) is 2.90. The Morgan fingerprint density at radius 2 is 2.09 bits per heavy atom. The summed E-state index contributed by atoms with van der Waals surface area (Å²) in [5.41, 5.74) is 0.770. The molecule has 1 aliphatic carbocycles. The first kappa shape index (κ1) is 17.5. The molecule has 0 bridgehead atoms. The van der Waals surface area contributed by atoms with Gasteiger partial charge in [-0.25, -0.2) is 0 Å². The van der Waals surface area contributed by atoms with E-state index >= 15 is 0 Å². The number of hydrogen-bond donors (Lipinski definition) is 2. The summed E-state index contributed by atoms with van der Waals surface area (Å²) in [5.74, 6) is 0.0278. The molecule has 0 radical (unpaired) electrons. The van der Waals surface area contributed by atoms with Crippen molar-refractivity contribution >= 4 is 23.2 Å². The van der Waals surface area contributed by atoms with Crippen molar-refractivity contribution in [3.05, 3.63) is 22.4 Å². The van der Waals surface area contributed by atoms with E-state index in [-0.39, 0.29) is 11.8 Å². The number of carbonyl (C=O) groups is 2. The van der Waals surface area contributed by atoms with E-state index in [0.29, 0.717) is 12.3 Å². The summed E-state index contributed by atoms with van der Waals surface area (Å²) < 4.78 is 0. The number of amides is 2. The van der Waals surface area contributed by atoms with Crippen LogP contribution >= 0.6 is 11.3 Å². The Labute approximate surface area is 141 Å². The maximum Gasteiger partial charge on any atom is 0.243 e. The van der Waals surface area contributed by atoms with Crippen LogP contribution in [0.4, 0.5) is 0 Å². The number of carbonyl (C=O) groups excluding carboxylic acids is 2. The van der Waals surface area contributed by atoms with E-state index in [2.05, 4.69) is 16.7 Å². The van der Waals surface area contributed by atoms with Crippen LogP contribution in [0.5, 0.6) is 0 Å². The second-order valence-electron chi connectivity index (χ2n) is 6.12. The molecule has 1 aromatic rings. The Morgan fingerprint density at radius 3 is 2.70 bits per heavy atom. The van der Waals surface area contributed by atoms with Crippen LogP contribution in [0.15, 0.2) is 16.8 Å². The molecule has 124 valence electrons. The molecule has 0 spiro atoms. The second kappa shape index (κ2) is 8.68. The monoisotopic (exact) mass is 333 g/mol. The fourth-order valence-corrected chi connectivity index (χ4v) is 3.60. The summed E-state index contributed by atoms with van der Waals surface area (Å²) in [4.78, 5) is 24.2. The molecule has 0 saturated heterocycles. The molecule has 23 heavy (non-hydrogen) atoms. The van der Waals surface area contributed by atoms with Crippen molar-refractivity contribution < 1.29 is 9.59 Å². The quantitative estimate of drug-likeness (QED) is 0.840. The SMILES string of the molecule is C[C@@H](NC(=O)CC1CCCCC1)C(=O)N[C@H](C#N)c1ccsc1. The highest BCUT2D eigenvalue weighted by molar-refractivity contribution is 7.08. The first-order valence-electron chi connectivity index (χ1n) is 8.11. The summed E-state index contributed by atoms with van der Waals surface area (Å²) in [6, 6.07) is 2.57. The van der Waals surface area contributed by atoms with E-state index in [9.17, 15) is 14.9 Å². The lowest BCUT2D eigenvalue weighted by atomic mass is 9.87. The minimum atomic E-state index is -0.675. The van der Waals surface area contributed by atoms with Crippen molar-refractivity contribution in [2.75, 3.05) is 0 Å².